The van der Waals surface area contributed by atoms with Gasteiger partial charge in [0.05, 0.1) is 6.54 Å². The molecule has 182 valence electrons. The molecule has 0 bridgehead atoms. The molecule has 0 spiro atoms. The molecule has 2 aromatic rings. The molecule has 0 saturated carbocycles. The van der Waals surface area contributed by atoms with E-state index in [0.717, 1.165) is 25.9 Å². The van der Waals surface area contributed by atoms with E-state index in [1.54, 1.807) is 0 Å². The summed E-state index contributed by atoms with van der Waals surface area (Å²) in [6, 6.07) is 15.1. The Kier molecular flexibility index (Phi) is 9.60. The highest BCUT2D eigenvalue weighted by atomic mass is 32.2. The van der Waals surface area contributed by atoms with E-state index < -0.39 is 17.2 Å². The maximum atomic E-state index is 12.2. The van der Waals surface area contributed by atoms with Gasteiger partial charge in [0.2, 0.25) is 17.2 Å². The van der Waals surface area contributed by atoms with Crippen molar-refractivity contribution < 1.29 is 18.4 Å². The zero-order chi connectivity index (χ0) is 24.5. The topological polar surface area (TPSA) is 102 Å². The fourth-order valence-electron chi connectivity index (χ4n) is 4.45. The number of rotatable bonds is 10. The normalized spacial score (nSPS) is 16.6. The number of terminal acetylenes is 1. The van der Waals surface area contributed by atoms with Crippen molar-refractivity contribution in [2.75, 3.05) is 39.3 Å². The SMILES string of the molecule is C#CC(=O)NCCNC(=O)CN(CC1CCN(C(C)c2cccc3ccccc23)CC1)S(=O)O. The molecule has 1 saturated heterocycles. The Morgan fingerprint density at radius 3 is 2.56 bits per heavy atom. The molecule has 1 aliphatic rings. The fraction of sp³-hybridized carbons (Fsp3) is 0.440. The molecule has 2 aromatic carbocycles. The first-order valence-electron chi connectivity index (χ1n) is 11.5. The van der Waals surface area contributed by atoms with Crippen LogP contribution in [0.4, 0.5) is 0 Å². The molecular weight excluding hydrogens is 452 g/mol. The van der Waals surface area contributed by atoms with Crippen molar-refractivity contribution in [2.45, 2.75) is 25.8 Å². The van der Waals surface area contributed by atoms with Gasteiger partial charge in [-0.1, -0.05) is 42.5 Å². The van der Waals surface area contributed by atoms with Crippen LogP contribution >= 0.6 is 0 Å². The van der Waals surface area contributed by atoms with Crippen molar-refractivity contribution in [3.05, 3.63) is 48.0 Å². The third-order valence-corrected chi connectivity index (χ3v) is 7.06. The number of amides is 2. The highest BCUT2D eigenvalue weighted by molar-refractivity contribution is 7.76. The highest BCUT2D eigenvalue weighted by Crippen LogP contribution is 2.31. The van der Waals surface area contributed by atoms with Gasteiger partial charge in [0.25, 0.3) is 5.91 Å². The van der Waals surface area contributed by atoms with E-state index >= 15 is 0 Å². The molecular formula is C25H32N4O4S. The first-order chi connectivity index (χ1) is 16.4. The Balaban J connectivity index is 1.48. The van der Waals surface area contributed by atoms with Gasteiger partial charge in [-0.2, -0.15) is 4.31 Å². The second kappa shape index (κ2) is 12.6. The van der Waals surface area contributed by atoms with E-state index in [9.17, 15) is 18.4 Å². The van der Waals surface area contributed by atoms with Crippen LogP contribution in [0.2, 0.25) is 0 Å². The standard InChI is InChI=1S/C25H32N4O4S/c1-3-24(30)26-13-14-27-25(31)18-29(34(32)33)17-20-11-15-28(16-12-20)19(2)22-10-6-8-21-7-4-5-9-23(21)22/h1,4-10,19-20H,11-18H2,2H3,(H,26,30)(H,27,31)(H,32,33). The van der Waals surface area contributed by atoms with Gasteiger partial charge in [0.15, 0.2) is 0 Å². The van der Waals surface area contributed by atoms with Gasteiger partial charge in [-0.05, 0) is 61.0 Å². The Labute approximate surface area is 203 Å². The molecule has 2 unspecified atom stereocenters. The summed E-state index contributed by atoms with van der Waals surface area (Å²) in [6.07, 6.45) is 6.74. The van der Waals surface area contributed by atoms with Crippen LogP contribution in [0.3, 0.4) is 0 Å². The van der Waals surface area contributed by atoms with E-state index in [1.165, 1.54) is 20.6 Å². The monoisotopic (exact) mass is 484 g/mol. The van der Waals surface area contributed by atoms with Crippen LogP contribution < -0.4 is 10.6 Å². The molecule has 8 nitrogen and oxygen atoms in total. The van der Waals surface area contributed by atoms with Crippen molar-refractivity contribution in [2.24, 2.45) is 5.92 Å². The van der Waals surface area contributed by atoms with Gasteiger partial charge in [0.1, 0.15) is 0 Å². The molecule has 1 fully saturated rings. The molecule has 0 radical (unpaired) electrons. The minimum Gasteiger partial charge on any atom is -0.353 e. The summed E-state index contributed by atoms with van der Waals surface area (Å²) in [6.45, 7) is 4.60. The third-order valence-electron chi connectivity index (χ3n) is 6.34. The molecule has 0 aromatic heterocycles. The van der Waals surface area contributed by atoms with Crippen molar-refractivity contribution in [3.63, 3.8) is 0 Å². The average Bonchev–Trinajstić information content (AvgIpc) is 2.85. The predicted molar refractivity (Wildman–Crippen MR) is 134 cm³/mol. The molecule has 2 atom stereocenters. The number of nitrogens with zero attached hydrogens (tertiary/aromatic N) is 2. The molecule has 3 N–H and O–H groups in total. The third kappa shape index (κ3) is 7.11. The zero-order valence-electron chi connectivity index (χ0n) is 19.4. The summed E-state index contributed by atoms with van der Waals surface area (Å²) >= 11 is -2.24. The van der Waals surface area contributed by atoms with Crippen molar-refractivity contribution in [3.8, 4) is 12.3 Å². The van der Waals surface area contributed by atoms with Gasteiger partial charge in [-0.15, -0.1) is 6.42 Å². The lowest BCUT2D eigenvalue weighted by molar-refractivity contribution is -0.121. The van der Waals surface area contributed by atoms with Crippen molar-refractivity contribution >= 4 is 33.9 Å². The number of carbonyl (C=O) groups excluding carboxylic acids is 2. The summed E-state index contributed by atoms with van der Waals surface area (Å²) in [5.74, 6) is 1.23. The second-order valence-electron chi connectivity index (χ2n) is 8.53. The van der Waals surface area contributed by atoms with E-state index in [1.807, 2.05) is 5.92 Å². The summed E-state index contributed by atoms with van der Waals surface area (Å²) in [5, 5.41) is 7.57. The van der Waals surface area contributed by atoms with Gasteiger partial charge >= 0.3 is 0 Å². The molecule has 3 rings (SSSR count). The highest BCUT2D eigenvalue weighted by Gasteiger charge is 2.27. The van der Waals surface area contributed by atoms with E-state index in [0.29, 0.717) is 6.54 Å². The minimum absolute atomic E-state index is 0.182. The largest absolute Gasteiger partial charge is 0.353 e. The molecule has 0 aliphatic carbocycles. The van der Waals surface area contributed by atoms with Gasteiger partial charge in [0, 0.05) is 25.7 Å². The van der Waals surface area contributed by atoms with E-state index in [2.05, 4.69) is 64.9 Å². The zero-order valence-corrected chi connectivity index (χ0v) is 20.2. The molecule has 9 heteroatoms. The lowest BCUT2D eigenvalue weighted by Gasteiger charge is -2.37. The Bertz CT molecular complexity index is 1060. The Hall–Kier alpha value is -2.77. The number of piperidine rings is 1. The minimum atomic E-state index is -2.24. The lowest BCUT2D eigenvalue weighted by atomic mass is 9.93. The number of benzene rings is 2. The lowest BCUT2D eigenvalue weighted by Crippen LogP contribution is -2.44. The number of likely N-dealkylation sites (tertiary alicyclic amines) is 1. The summed E-state index contributed by atoms with van der Waals surface area (Å²) in [7, 11) is 0. The predicted octanol–water partition coefficient (Wildman–Crippen LogP) is 1.92. The molecule has 1 heterocycles. The van der Waals surface area contributed by atoms with Crippen LogP contribution in [0.25, 0.3) is 10.8 Å². The van der Waals surface area contributed by atoms with Gasteiger partial charge < -0.3 is 10.6 Å². The van der Waals surface area contributed by atoms with Crippen molar-refractivity contribution in [1.82, 2.24) is 19.8 Å². The summed E-state index contributed by atoms with van der Waals surface area (Å²) < 4.78 is 22.8. The van der Waals surface area contributed by atoms with Crippen LogP contribution in [-0.2, 0) is 20.9 Å². The first kappa shape index (κ1) is 25.8. The second-order valence-corrected chi connectivity index (χ2v) is 9.50. The first-order valence-corrected chi connectivity index (χ1v) is 12.5. The summed E-state index contributed by atoms with van der Waals surface area (Å²) in [5.41, 5.74) is 1.31. The van der Waals surface area contributed by atoms with E-state index in [-0.39, 0.29) is 37.5 Å². The van der Waals surface area contributed by atoms with Crippen molar-refractivity contribution in [1.29, 1.82) is 0 Å². The smallest absolute Gasteiger partial charge is 0.295 e. The Morgan fingerprint density at radius 1 is 1.18 bits per heavy atom. The quantitative estimate of drug-likeness (QED) is 0.272. The number of hydrogen-bond donors (Lipinski definition) is 3. The van der Waals surface area contributed by atoms with Crippen LogP contribution in [-0.4, -0.2) is 69.0 Å². The number of fused-ring (bicyclic) bond motifs is 1. The van der Waals surface area contributed by atoms with Crippen LogP contribution in [0.1, 0.15) is 31.4 Å². The molecule has 34 heavy (non-hydrogen) atoms. The maximum absolute atomic E-state index is 12.2. The van der Waals surface area contributed by atoms with Gasteiger partial charge in [-0.3, -0.25) is 19.0 Å². The molecule has 1 aliphatic heterocycles. The maximum Gasteiger partial charge on any atom is 0.295 e. The number of nitrogens with one attached hydrogen (secondary N) is 2. The number of carbonyl (C=O) groups is 2. The Morgan fingerprint density at radius 2 is 1.85 bits per heavy atom. The average molecular weight is 485 g/mol. The van der Waals surface area contributed by atoms with Gasteiger partial charge in [-0.25, -0.2) is 4.21 Å². The van der Waals surface area contributed by atoms with Crippen LogP contribution in [0.5, 0.6) is 0 Å². The molecule has 2 amide bonds. The fourth-order valence-corrected chi connectivity index (χ4v) is 5.02. The summed E-state index contributed by atoms with van der Waals surface area (Å²) in [4.78, 5) is 25.6. The number of hydrogen-bond acceptors (Lipinski definition) is 4. The van der Waals surface area contributed by atoms with E-state index in [4.69, 9.17) is 6.42 Å². The van der Waals surface area contributed by atoms with Crippen LogP contribution in [0.15, 0.2) is 42.5 Å². The van der Waals surface area contributed by atoms with Crippen LogP contribution in [0, 0.1) is 18.3 Å².